The molecule has 0 amide bonds. The average Bonchev–Trinajstić information content (AvgIpc) is 2.15. The zero-order chi connectivity index (χ0) is 6.69. The monoisotopic (exact) mass is 129 g/mol. The Balaban J connectivity index is 2.11. The Morgan fingerprint density at radius 2 is 2.00 bits per heavy atom. The van der Waals surface area contributed by atoms with E-state index in [1.54, 1.807) is 0 Å². The average molecular weight is 129 g/mol. The molecular weight excluding hydrogens is 114 g/mol. The lowest BCUT2D eigenvalue weighted by Gasteiger charge is -2.18. The van der Waals surface area contributed by atoms with Crippen molar-refractivity contribution in [3.8, 4) is 0 Å². The van der Waals surface area contributed by atoms with Crippen LogP contribution >= 0.6 is 0 Å². The van der Waals surface area contributed by atoms with Crippen LogP contribution in [-0.4, -0.2) is 24.3 Å². The second-order valence-electron chi connectivity index (χ2n) is 2.61. The first kappa shape index (κ1) is 6.99. The predicted molar refractivity (Wildman–Crippen MR) is 37.6 cm³/mol. The van der Waals surface area contributed by atoms with Crippen LogP contribution in [0.1, 0.15) is 19.8 Å². The van der Waals surface area contributed by atoms with E-state index in [0.29, 0.717) is 0 Å². The molecule has 0 aromatic carbocycles. The number of hydrogen-bond donors (Lipinski definition) is 2. The lowest BCUT2D eigenvalue weighted by molar-refractivity contribution is 0.206. The third kappa shape index (κ3) is 2.30. The van der Waals surface area contributed by atoms with Crippen LogP contribution < -0.4 is 11.2 Å². The van der Waals surface area contributed by atoms with E-state index in [2.05, 4.69) is 10.4 Å². The van der Waals surface area contributed by atoms with Crippen LogP contribution in [0, 0.1) is 0 Å². The van der Waals surface area contributed by atoms with Gasteiger partial charge in [-0.15, -0.1) is 0 Å². The van der Waals surface area contributed by atoms with Gasteiger partial charge in [0.15, 0.2) is 0 Å². The van der Waals surface area contributed by atoms with E-state index in [4.69, 9.17) is 5.73 Å². The van der Waals surface area contributed by atoms with Gasteiger partial charge in [-0.3, -0.25) is 0 Å². The zero-order valence-corrected chi connectivity index (χ0v) is 5.93. The Kier molecular flexibility index (Phi) is 2.45. The van der Waals surface area contributed by atoms with Crippen molar-refractivity contribution in [2.75, 3.05) is 13.1 Å². The summed E-state index contributed by atoms with van der Waals surface area (Å²) < 4.78 is 0. The summed E-state index contributed by atoms with van der Waals surface area (Å²) in [6.45, 7) is 4.27. The molecule has 0 aliphatic carbocycles. The lowest BCUT2D eigenvalue weighted by atomic mass is 10.4. The number of hydrazine groups is 1. The van der Waals surface area contributed by atoms with Crippen LogP contribution in [0.5, 0.6) is 0 Å². The van der Waals surface area contributed by atoms with Gasteiger partial charge in [0.2, 0.25) is 0 Å². The van der Waals surface area contributed by atoms with Gasteiger partial charge in [0.1, 0.15) is 0 Å². The second-order valence-corrected chi connectivity index (χ2v) is 2.61. The molecule has 1 unspecified atom stereocenters. The number of nitrogens with one attached hydrogen (secondary N) is 1. The van der Waals surface area contributed by atoms with Crippen molar-refractivity contribution in [3.05, 3.63) is 0 Å². The smallest absolute Gasteiger partial charge is 0.0652 e. The molecule has 0 aromatic rings. The Hall–Kier alpha value is -0.120. The standard InChI is InChI=1S/C6H15N3/c1-6(7)8-9-4-2-3-5-9/h6,8H,2-5,7H2,1H3. The maximum absolute atomic E-state index is 5.52. The first-order valence-electron chi connectivity index (χ1n) is 3.56. The van der Waals surface area contributed by atoms with E-state index in [9.17, 15) is 0 Å². The largest absolute Gasteiger partial charge is 0.315 e. The van der Waals surface area contributed by atoms with Crippen molar-refractivity contribution in [2.24, 2.45) is 5.73 Å². The molecule has 1 fully saturated rings. The van der Waals surface area contributed by atoms with Crippen LogP contribution in [0.3, 0.4) is 0 Å². The van der Waals surface area contributed by atoms with Crippen molar-refractivity contribution in [1.29, 1.82) is 0 Å². The van der Waals surface area contributed by atoms with Gasteiger partial charge in [-0.25, -0.2) is 10.4 Å². The normalized spacial score (nSPS) is 24.7. The molecule has 0 radical (unpaired) electrons. The SMILES string of the molecule is CC(N)NN1CCCC1. The number of hydrogen-bond acceptors (Lipinski definition) is 3. The van der Waals surface area contributed by atoms with Crippen LogP contribution in [0.25, 0.3) is 0 Å². The summed E-state index contributed by atoms with van der Waals surface area (Å²) in [4.78, 5) is 0. The molecule has 1 atom stereocenters. The quantitative estimate of drug-likeness (QED) is 0.511. The van der Waals surface area contributed by atoms with E-state index >= 15 is 0 Å². The van der Waals surface area contributed by atoms with Crippen molar-refractivity contribution in [3.63, 3.8) is 0 Å². The minimum Gasteiger partial charge on any atom is -0.315 e. The van der Waals surface area contributed by atoms with Crippen LogP contribution in [-0.2, 0) is 0 Å². The second kappa shape index (κ2) is 3.15. The molecule has 9 heavy (non-hydrogen) atoms. The Morgan fingerprint density at radius 3 is 2.44 bits per heavy atom. The molecule has 1 aliphatic heterocycles. The van der Waals surface area contributed by atoms with Crippen molar-refractivity contribution >= 4 is 0 Å². The molecule has 0 aromatic heterocycles. The maximum Gasteiger partial charge on any atom is 0.0652 e. The van der Waals surface area contributed by atoms with E-state index in [1.807, 2.05) is 6.92 Å². The Labute approximate surface area is 56.2 Å². The summed E-state index contributed by atoms with van der Waals surface area (Å²) in [6.07, 6.45) is 2.71. The summed E-state index contributed by atoms with van der Waals surface area (Å²) in [6, 6.07) is 0. The number of nitrogens with two attached hydrogens (primary N) is 1. The van der Waals surface area contributed by atoms with Crippen LogP contribution in [0.2, 0.25) is 0 Å². The summed E-state index contributed by atoms with van der Waals surface area (Å²) in [7, 11) is 0. The molecule has 3 nitrogen and oxygen atoms in total. The van der Waals surface area contributed by atoms with Crippen LogP contribution in [0.4, 0.5) is 0 Å². The molecule has 54 valence electrons. The highest BCUT2D eigenvalue weighted by Gasteiger charge is 2.10. The van der Waals surface area contributed by atoms with Gasteiger partial charge in [0, 0.05) is 13.1 Å². The highest BCUT2D eigenvalue weighted by molar-refractivity contribution is 4.62. The van der Waals surface area contributed by atoms with Crippen molar-refractivity contribution in [1.82, 2.24) is 10.4 Å². The van der Waals surface area contributed by atoms with Gasteiger partial charge >= 0.3 is 0 Å². The van der Waals surface area contributed by atoms with Gasteiger partial charge in [-0.05, 0) is 19.8 Å². The molecule has 1 aliphatic rings. The van der Waals surface area contributed by atoms with Crippen LogP contribution in [0.15, 0.2) is 0 Å². The first-order valence-corrected chi connectivity index (χ1v) is 3.56. The lowest BCUT2D eigenvalue weighted by Crippen LogP contribution is -2.45. The summed E-state index contributed by atoms with van der Waals surface area (Å²) in [5.41, 5.74) is 8.67. The van der Waals surface area contributed by atoms with E-state index < -0.39 is 0 Å². The van der Waals surface area contributed by atoms with Gasteiger partial charge in [0.05, 0.1) is 6.17 Å². The van der Waals surface area contributed by atoms with E-state index in [-0.39, 0.29) is 6.17 Å². The maximum atomic E-state index is 5.52. The molecule has 1 heterocycles. The number of rotatable bonds is 2. The highest BCUT2D eigenvalue weighted by atomic mass is 15.5. The molecule has 1 saturated heterocycles. The van der Waals surface area contributed by atoms with Crippen molar-refractivity contribution in [2.45, 2.75) is 25.9 Å². The van der Waals surface area contributed by atoms with Gasteiger partial charge < -0.3 is 5.73 Å². The molecule has 0 spiro atoms. The molecule has 1 rings (SSSR count). The fourth-order valence-electron chi connectivity index (χ4n) is 1.13. The Bertz CT molecular complexity index is 76.4. The summed E-state index contributed by atoms with van der Waals surface area (Å²) in [5, 5.41) is 2.19. The van der Waals surface area contributed by atoms with Gasteiger partial charge in [0.25, 0.3) is 0 Å². The third-order valence-electron chi connectivity index (χ3n) is 1.49. The molecular formula is C6H15N3. The minimum absolute atomic E-state index is 0.100. The zero-order valence-electron chi connectivity index (χ0n) is 5.93. The summed E-state index contributed by atoms with van der Waals surface area (Å²) >= 11 is 0. The van der Waals surface area contributed by atoms with Gasteiger partial charge in [-0.2, -0.15) is 0 Å². The minimum atomic E-state index is 0.100. The van der Waals surface area contributed by atoms with Gasteiger partial charge in [-0.1, -0.05) is 0 Å². The summed E-state index contributed by atoms with van der Waals surface area (Å²) in [5.74, 6) is 0. The highest BCUT2D eigenvalue weighted by Crippen LogP contribution is 2.03. The van der Waals surface area contributed by atoms with E-state index in [1.165, 1.54) is 12.8 Å². The molecule has 0 bridgehead atoms. The number of nitrogens with zero attached hydrogens (tertiary/aromatic N) is 1. The molecule has 3 heteroatoms. The predicted octanol–water partition coefficient (Wildman–Crippen LogP) is -0.109. The molecule has 3 N–H and O–H groups in total. The van der Waals surface area contributed by atoms with E-state index in [0.717, 1.165) is 13.1 Å². The Morgan fingerprint density at radius 1 is 1.44 bits per heavy atom. The third-order valence-corrected chi connectivity index (χ3v) is 1.49. The fourth-order valence-corrected chi connectivity index (χ4v) is 1.13. The molecule has 0 saturated carbocycles. The topological polar surface area (TPSA) is 41.3 Å². The fraction of sp³-hybridized carbons (Fsp3) is 1.00. The first-order chi connectivity index (χ1) is 4.29. The van der Waals surface area contributed by atoms with Crippen molar-refractivity contribution < 1.29 is 0 Å².